The topological polar surface area (TPSA) is 36.9 Å². The first-order valence-corrected chi connectivity index (χ1v) is 13.7. The molecule has 1 atom stereocenters. The van der Waals surface area contributed by atoms with Crippen LogP contribution in [0.25, 0.3) is 27.8 Å². The standard InChI is InChI=1S/C33H37F3O4/c1-37-22-39-31-19-30(20-32(21-31)40-23-38-2)29-16-14-28(15-17-29)27-12-10-26(11-13-27)25-8-6-24(7-9-25)5-3-4-18-33(34,35)36/h8,10-17,19-21,24H,3-7,9,18,22-23H2,1-2H3. The fourth-order valence-corrected chi connectivity index (χ4v) is 5.06. The molecule has 4 nitrogen and oxygen atoms in total. The second-order valence-electron chi connectivity index (χ2n) is 10.2. The van der Waals surface area contributed by atoms with E-state index < -0.39 is 12.6 Å². The zero-order chi connectivity index (χ0) is 28.4. The van der Waals surface area contributed by atoms with Crippen LogP contribution in [0.4, 0.5) is 13.2 Å². The molecule has 0 fully saturated rings. The first-order valence-electron chi connectivity index (χ1n) is 13.7. The quantitative estimate of drug-likeness (QED) is 0.156. The molecule has 0 saturated carbocycles. The molecule has 0 saturated heterocycles. The van der Waals surface area contributed by atoms with Crippen LogP contribution in [0.5, 0.6) is 11.5 Å². The molecule has 0 heterocycles. The van der Waals surface area contributed by atoms with Crippen molar-refractivity contribution in [2.75, 3.05) is 27.8 Å². The van der Waals surface area contributed by atoms with Crippen molar-refractivity contribution in [2.45, 2.75) is 51.1 Å². The van der Waals surface area contributed by atoms with E-state index in [0.717, 1.165) is 47.9 Å². The average Bonchev–Trinajstić information content (AvgIpc) is 2.97. The molecular weight excluding hydrogens is 517 g/mol. The predicted molar refractivity (Wildman–Crippen MR) is 152 cm³/mol. The first-order chi connectivity index (χ1) is 19.3. The lowest BCUT2D eigenvalue weighted by molar-refractivity contribution is -0.135. The number of hydrogen-bond acceptors (Lipinski definition) is 4. The van der Waals surface area contributed by atoms with Crippen molar-refractivity contribution in [3.05, 3.63) is 78.4 Å². The molecule has 1 aliphatic carbocycles. The van der Waals surface area contributed by atoms with Gasteiger partial charge in [0.2, 0.25) is 0 Å². The molecule has 1 unspecified atom stereocenters. The molecule has 214 valence electrons. The highest BCUT2D eigenvalue weighted by molar-refractivity contribution is 5.74. The smallest absolute Gasteiger partial charge is 0.389 e. The molecule has 0 spiro atoms. The van der Waals surface area contributed by atoms with Crippen LogP contribution in [0.2, 0.25) is 0 Å². The number of alkyl halides is 3. The number of benzene rings is 3. The van der Waals surface area contributed by atoms with E-state index in [1.807, 2.05) is 12.1 Å². The number of halogens is 3. The third kappa shape index (κ3) is 8.86. The fourth-order valence-electron chi connectivity index (χ4n) is 5.06. The van der Waals surface area contributed by atoms with E-state index in [9.17, 15) is 13.2 Å². The molecule has 3 aromatic rings. The minimum atomic E-state index is -4.04. The van der Waals surface area contributed by atoms with Crippen molar-refractivity contribution in [3.63, 3.8) is 0 Å². The third-order valence-electron chi connectivity index (χ3n) is 7.22. The summed E-state index contributed by atoms with van der Waals surface area (Å²) in [5, 5.41) is 0. The number of hydrogen-bond donors (Lipinski definition) is 0. The summed E-state index contributed by atoms with van der Waals surface area (Å²) in [6, 6.07) is 22.7. The van der Waals surface area contributed by atoms with E-state index in [4.69, 9.17) is 18.9 Å². The highest BCUT2D eigenvalue weighted by atomic mass is 19.4. The normalized spacial score (nSPS) is 15.5. The van der Waals surface area contributed by atoms with Gasteiger partial charge in [0.1, 0.15) is 11.5 Å². The molecule has 7 heteroatoms. The lowest BCUT2D eigenvalue weighted by Gasteiger charge is -2.22. The number of rotatable bonds is 13. The Kier molecular flexibility index (Phi) is 10.7. The molecule has 0 bridgehead atoms. The van der Waals surface area contributed by atoms with Gasteiger partial charge < -0.3 is 18.9 Å². The maximum Gasteiger partial charge on any atom is 0.389 e. The van der Waals surface area contributed by atoms with Crippen molar-refractivity contribution in [3.8, 4) is 33.8 Å². The van der Waals surface area contributed by atoms with Gasteiger partial charge in [-0.2, -0.15) is 13.2 Å². The Morgan fingerprint density at radius 3 is 1.70 bits per heavy atom. The van der Waals surface area contributed by atoms with Crippen LogP contribution < -0.4 is 9.47 Å². The van der Waals surface area contributed by atoms with Crippen molar-refractivity contribution in [1.29, 1.82) is 0 Å². The maximum absolute atomic E-state index is 12.4. The van der Waals surface area contributed by atoms with Gasteiger partial charge in [-0.15, -0.1) is 0 Å². The third-order valence-corrected chi connectivity index (χ3v) is 7.22. The van der Waals surface area contributed by atoms with Crippen molar-refractivity contribution in [2.24, 2.45) is 5.92 Å². The van der Waals surface area contributed by atoms with E-state index >= 15 is 0 Å². The number of ether oxygens (including phenoxy) is 4. The Hall–Kier alpha value is -3.29. The molecule has 0 radical (unpaired) electrons. The molecule has 0 aliphatic heterocycles. The van der Waals surface area contributed by atoms with Crippen LogP contribution in [0.15, 0.2) is 72.8 Å². The van der Waals surface area contributed by atoms with Gasteiger partial charge in [0, 0.05) is 26.7 Å². The largest absolute Gasteiger partial charge is 0.467 e. The van der Waals surface area contributed by atoms with E-state index in [2.05, 4.69) is 54.6 Å². The van der Waals surface area contributed by atoms with E-state index in [1.165, 1.54) is 11.1 Å². The van der Waals surface area contributed by atoms with Crippen LogP contribution >= 0.6 is 0 Å². The average molecular weight is 555 g/mol. The predicted octanol–water partition coefficient (Wildman–Crippen LogP) is 9.29. The monoisotopic (exact) mass is 554 g/mol. The second kappa shape index (κ2) is 14.4. The molecule has 1 aliphatic rings. The molecule has 0 N–H and O–H groups in total. The van der Waals surface area contributed by atoms with Gasteiger partial charge in [-0.25, -0.2) is 0 Å². The van der Waals surface area contributed by atoms with Crippen LogP contribution in [0.1, 0.15) is 50.5 Å². The highest BCUT2D eigenvalue weighted by Crippen LogP contribution is 2.35. The minimum Gasteiger partial charge on any atom is -0.467 e. The van der Waals surface area contributed by atoms with E-state index in [-0.39, 0.29) is 20.0 Å². The van der Waals surface area contributed by atoms with Gasteiger partial charge in [0.25, 0.3) is 0 Å². The second-order valence-corrected chi connectivity index (χ2v) is 10.2. The Balaban J connectivity index is 1.37. The number of unbranched alkanes of at least 4 members (excludes halogenated alkanes) is 1. The van der Waals surface area contributed by atoms with Gasteiger partial charge >= 0.3 is 6.18 Å². The van der Waals surface area contributed by atoms with Crippen molar-refractivity contribution >= 4 is 5.57 Å². The summed E-state index contributed by atoms with van der Waals surface area (Å²) in [5.74, 6) is 1.79. The fraction of sp³-hybridized carbons (Fsp3) is 0.394. The number of methoxy groups -OCH3 is 2. The van der Waals surface area contributed by atoms with Gasteiger partial charge in [-0.1, -0.05) is 67.4 Å². The van der Waals surface area contributed by atoms with Crippen molar-refractivity contribution < 1.29 is 32.1 Å². The maximum atomic E-state index is 12.4. The van der Waals surface area contributed by atoms with Gasteiger partial charge in [0.15, 0.2) is 13.6 Å². The summed E-state index contributed by atoms with van der Waals surface area (Å²) in [6.07, 6.45) is 2.28. The van der Waals surface area contributed by atoms with E-state index in [1.54, 1.807) is 20.3 Å². The molecule has 3 aromatic carbocycles. The zero-order valence-corrected chi connectivity index (χ0v) is 23.1. The minimum absolute atomic E-state index is 0.144. The summed E-state index contributed by atoms with van der Waals surface area (Å²) in [6.45, 7) is 0.288. The van der Waals surface area contributed by atoms with Gasteiger partial charge in [-0.05, 0) is 77.1 Å². The zero-order valence-electron chi connectivity index (χ0n) is 23.1. The summed E-state index contributed by atoms with van der Waals surface area (Å²) >= 11 is 0. The Bertz CT molecular complexity index is 1210. The lowest BCUT2D eigenvalue weighted by Crippen LogP contribution is -2.08. The van der Waals surface area contributed by atoms with Gasteiger partial charge in [-0.3, -0.25) is 0 Å². The number of allylic oxidation sites excluding steroid dienone is 2. The van der Waals surface area contributed by atoms with E-state index in [0.29, 0.717) is 23.8 Å². The molecule has 4 rings (SSSR count). The van der Waals surface area contributed by atoms with Crippen LogP contribution in [0, 0.1) is 5.92 Å². The first kappa shape index (κ1) is 29.7. The Labute approximate surface area is 234 Å². The summed E-state index contributed by atoms with van der Waals surface area (Å²) in [5.41, 5.74) is 6.79. The van der Waals surface area contributed by atoms with Crippen molar-refractivity contribution in [1.82, 2.24) is 0 Å². The Morgan fingerprint density at radius 1 is 0.700 bits per heavy atom. The van der Waals surface area contributed by atoms with Crippen LogP contribution in [0.3, 0.4) is 0 Å². The molecule has 40 heavy (non-hydrogen) atoms. The lowest BCUT2D eigenvalue weighted by atomic mass is 9.83. The molecule has 0 amide bonds. The summed E-state index contributed by atoms with van der Waals surface area (Å²) < 4.78 is 58.4. The Morgan fingerprint density at radius 2 is 1.23 bits per heavy atom. The van der Waals surface area contributed by atoms with Crippen LogP contribution in [-0.2, 0) is 9.47 Å². The summed E-state index contributed by atoms with van der Waals surface area (Å²) in [7, 11) is 3.16. The molecular formula is C33H37F3O4. The SMILES string of the molecule is COCOc1cc(OCOC)cc(-c2ccc(-c3ccc(C4=CCC(CCCCC(F)(F)F)CC4)cc3)cc2)c1. The molecule has 0 aromatic heterocycles. The summed E-state index contributed by atoms with van der Waals surface area (Å²) in [4.78, 5) is 0. The van der Waals surface area contributed by atoms with Gasteiger partial charge in [0.05, 0.1) is 0 Å². The van der Waals surface area contributed by atoms with Crippen LogP contribution in [-0.4, -0.2) is 34.0 Å². The highest BCUT2D eigenvalue weighted by Gasteiger charge is 2.26.